The quantitative estimate of drug-likeness (QED) is 0.0381. The zero-order valence-electron chi connectivity index (χ0n) is 33.4. The van der Waals surface area contributed by atoms with Crippen LogP contribution in [0.2, 0.25) is 0 Å². The van der Waals surface area contributed by atoms with Crippen LogP contribution in [0.15, 0.2) is 0 Å². The molecule has 17 nitrogen and oxygen atoms in total. The van der Waals surface area contributed by atoms with Gasteiger partial charge >= 0.3 is 5.97 Å². The maximum Gasteiger partial charge on any atom is 0.329 e. The van der Waals surface area contributed by atoms with Crippen molar-refractivity contribution in [3.05, 3.63) is 0 Å². The fourth-order valence-electron chi connectivity index (χ4n) is 6.93. The number of nitrogens with two attached hydrogens (primary N) is 1. The molecule has 0 aliphatic carbocycles. The Kier molecular flexibility index (Phi) is 18.4. The van der Waals surface area contributed by atoms with E-state index in [1.54, 1.807) is 0 Å². The first-order valence-electron chi connectivity index (χ1n) is 18.9. The van der Waals surface area contributed by atoms with E-state index in [2.05, 4.69) is 16.3 Å². The van der Waals surface area contributed by atoms with E-state index < -0.39 is 102 Å². The van der Waals surface area contributed by atoms with Crippen LogP contribution in [-0.2, 0) is 38.0 Å². The Labute approximate surface area is 314 Å². The summed E-state index contributed by atoms with van der Waals surface area (Å²) in [5, 5.41) is 55.8. The van der Waals surface area contributed by atoms with Gasteiger partial charge in [-0.05, 0) is 51.9 Å². The zero-order valence-corrected chi connectivity index (χ0v) is 33.4. The second-order valence-corrected chi connectivity index (χ2v) is 16.0. The molecule has 0 aromatic rings. The predicted molar refractivity (Wildman–Crippen MR) is 194 cm³/mol. The molecule has 2 aliphatic rings. The topological polar surface area (TPSA) is 253 Å². The fourth-order valence-corrected chi connectivity index (χ4v) is 6.93. The van der Waals surface area contributed by atoms with Gasteiger partial charge in [0, 0.05) is 18.5 Å². The van der Waals surface area contributed by atoms with E-state index in [4.69, 9.17) is 34.3 Å². The molecule has 2 aliphatic heterocycles. The summed E-state index contributed by atoms with van der Waals surface area (Å²) in [6.45, 7) is 18.3. The zero-order chi connectivity index (χ0) is 40.4. The summed E-state index contributed by atoms with van der Waals surface area (Å²) < 4.78 is 37.4. The number of hydrogen-bond acceptors (Lipinski definition) is 15. The lowest BCUT2D eigenvalue weighted by atomic mass is 9.63. The molecular formula is C36H70N4O13. The molecule has 0 aromatic carbocycles. The summed E-state index contributed by atoms with van der Waals surface area (Å²) in [5.41, 5.74) is 4.14. The molecule has 2 heterocycles. The normalized spacial score (nSPS) is 32.1. The van der Waals surface area contributed by atoms with Gasteiger partial charge < -0.3 is 54.0 Å². The average molecular weight is 767 g/mol. The minimum absolute atomic E-state index is 0.165. The Morgan fingerprint density at radius 3 is 1.72 bits per heavy atom. The molecule has 0 aromatic heterocycles. The van der Waals surface area contributed by atoms with E-state index in [0.29, 0.717) is 38.8 Å². The molecule has 17 heteroatoms. The van der Waals surface area contributed by atoms with Crippen molar-refractivity contribution in [2.45, 2.75) is 167 Å². The van der Waals surface area contributed by atoms with E-state index in [1.807, 2.05) is 69.2 Å². The average Bonchev–Trinajstić information content (AvgIpc) is 3.11. The first kappa shape index (κ1) is 47.6. The first-order valence-corrected chi connectivity index (χ1v) is 18.9. The SMILES string of the molecule is CCC(C)(C)OC1C(COCC(=O)O)OC(C(C)(CC)C(C)(CC)OC2C(COCC(=O)NNCCNN)OC(C(C)(C)CC)C(O)C2O)C(O)C1O. The molecule has 12 unspecified atom stereocenters. The Morgan fingerprint density at radius 1 is 0.698 bits per heavy atom. The Bertz CT molecular complexity index is 1130. The molecule has 2 rings (SSSR count). The molecule has 0 spiro atoms. The minimum Gasteiger partial charge on any atom is -0.480 e. The van der Waals surface area contributed by atoms with Crippen LogP contribution in [-0.4, -0.2) is 149 Å². The Morgan fingerprint density at radius 2 is 1.23 bits per heavy atom. The molecule has 0 bridgehead atoms. The van der Waals surface area contributed by atoms with Crippen molar-refractivity contribution in [3.63, 3.8) is 0 Å². The molecule has 0 saturated carbocycles. The van der Waals surface area contributed by atoms with Gasteiger partial charge in [-0.3, -0.25) is 21.5 Å². The first-order chi connectivity index (χ1) is 24.7. The van der Waals surface area contributed by atoms with Crippen LogP contribution >= 0.6 is 0 Å². The summed E-state index contributed by atoms with van der Waals surface area (Å²) in [4.78, 5) is 23.7. The number of hydrazine groups is 2. The van der Waals surface area contributed by atoms with Crippen molar-refractivity contribution in [1.29, 1.82) is 0 Å². The van der Waals surface area contributed by atoms with Gasteiger partial charge in [0.2, 0.25) is 0 Å². The van der Waals surface area contributed by atoms with Crippen LogP contribution in [0.1, 0.15) is 94.9 Å². The van der Waals surface area contributed by atoms with E-state index >= 15 is 0 Å². The van der Waals surface area contributed by atoms with Crippen molar-refractivity contribution < 1.29 is 63.5 Å². The number of rotatable bonds is 23. The number of carbonyl (C=O) groups is 2. The van der Waals surface area contributed by atoms with Crippen LogP contribution < -0.4 is 22.1 Å². The molecule has 53 heavy (non-hydrogen) atoms. The molecule has 2 fully saturated rings. The number of aliphatic carboxylic acids is 1. The van der Waals surface area contributed by atoms with E-state index in [1.165, 1.54) is 0 Å². The number of carboxylic acids is 1. The smallest absolute Gasteiger partial charge is 0.329 e. The van der Waals surface area contributed by atoms with Crippen LogP contribution in [0, 0.1) is 10.8 Å². The van der Waals surface area contributed by atoms with Gasteiger partial charge in [-0.15, -0.1) is 0 Å². The highest BCUT2D eigenvalue weighted by Gasteiger charge is 2.60. The largest absolute Gasteiger partial charge is 0.480 e. The van der Waals surface area contributed by atoms with Crippen LogP contribution in [0.3, 0.4) is 0 Å². The lowest BCUT2D eigenvalue weighted by Gasteiger charge is -2.57. The highest BCUT2D eigenvalue weighted by Crippen LogP contribution is 2.50. The van der Waals surface area contributed by atoms with Gasteiger partial charge in [-0.1, -0.05) is 48.5 Å². The van der Waals surface area contributed by atoms with Crippen molar-refractivity contribution in [2.24, 2.45) is 16.7 Å². The standard InChI is InChI=1S/C36H70N4O13/c1-11-33(5,6)31-27(46)25(44)30(22(50-31)17-48-19-23(41)40-39-16-15-38-37)53-36(10,14-4)35(9,13-3)32-28(47)26(45)29(52-34(7,8)12-2)21(51-32)18-49-20-24(42)43/h21-22,25-32,38-39,44-47H,11-20,37H2,1-10H3,(H,40,41)(H,42,43). The highest BCUT2D eigenvalue weighted by molar-refractivity contribution is 5.76. The van der Waals surface area contributed by atoms with Crippen molar-refractivity contribution in [2.75, 3.05) is 39.5 Å². The molecule has 10 N–H and O–H groups in total. The van der Waals surface area contributed by atoms with Crippen LogP contribution in [0.4, 0.5) is 0 Å². The number of carboxylic acid groups (broad SMARTS) is 1. The van der Waals surface area contributed by atoms with E-state index in [0.717, 1.165) is 0 Å². The van der Waals surface area contributed by atoms with Gasteiger partial charge in [0.25, 0.3) is 5.91 Å². The Balaban J connectivity index is 2.48. The van der Waals surface area contributed by atoms with Crippen LogP contribution in [0.5, 0.6) is 0 Å². The number of aliphatic hydroxyl groups is 4. The summed E-state index contributed by atoms with van der Waals surface area (Å²) >= 11 is 0. The van der Waals surface area contributed by atoms with Crippen molar-refractivity contribution in [3.8, 4) is 0 Å². The second-order valence-electron chi connectivity index (χ2n) is 16.0. The van der Waals surface area contributed by atoms with Crippen LogP contribution in [0.25, 0.3) is 0 Å². The monoisotopic (exact) mass is 766 g/mol. The van der Waals surface area contributed by atoms with E-state index in [-0.39, 0.29) is 19.8 Å². The number of amides is 1. The maximum absolute atomic E-state index is 12.4. The van der Waals surface area contributed by atoms with Gasteiger partial charge in [0.1, 0.15) is 62.0 Å². The van der Waals surface area contributed by atoms with Gasteiger partial charge in [0.15, 0.2) is 0 Å². The van der Waals surface area contributed by atoms with Crippen molar-refractivity contribution >= 4 is 11.9 Å². The summed E-state index contributed by atoms with van der Waals surface area (Å²) in [5.74, 6) is 3.62. The van der Waals surface area contributed by atoms with Gasteiger partial charge in [-0.25, -0.2) is 10.2 Å². The number of ether oxygens (including phenoxy) is 6. The fraction of sp³-hybridized carbons (Fsp3) is 0.944. The third-order valence-electron chi connectivity index (χ3n) is 11.6. The maximum atomic E-state index is 12.4. The number of aliphatic hydroxyl groups excluding tert-OH is 4. The summed E-state index contributed by atoms with van der Waals surface area (Å²) in [6, 6.07) is 0. The second kappa shape index (κ2) is 20.5. The predicted octanol–water partition coefficient (Wildman–Crippen LogP) is 0.147. The number of nitrogens with one attached hydrogen (secondary N) is 3. The molecular weight excluding hydrogens is 696 g/mol. The molecule has 1 amide bonds. The molecule has 2 saturated heterocycles. The molecule has 312 valence electrons. The Hall–Kier alpha value is -1.58. The third-order valence-corrected chi connectivity index (χ3v) is 11.6. The summed E-state index contributed by atoms with van der Waals surface area (Å²) in [6.07, 6.45) is -9.80. The number of carbonyl (C=O) groups excluding carboxylic acids is 1. The molecule has 12 atom stereocenters. The summed E-state index contributed by atoms with van der Waals surface area (Å²) in [7, 11) is 0. The third kappa shape index (κ3) is 12.0. The molecule has 0 radical (unpaired) electrons. The van der Waals surface area contributed by atoms with Gasteiger partial charge in [-0.2, -0.15) is 0 Å². The number of hydrogen-bond donors (Lipinski definition) is 9. The van der Waals surface area contributed by atoms with Gasteiger partial charge in [0.05, 0.1) is 36.6 Å². The highest BCUT2D eigenvalue weighted by atomic mass is 16.6. The lowest BCUT2D eigenvalue weighted by molar-refractivity contribution is -0.328. The van der Waals surface area contributed by atoms with Crippen molar-refractivity contribution in [1.82, 2.24) is 16.3 Å². The van der Waals surface area contributed by atoms with E-state index in [9.17, 15) is 35.1 Å². The minimum atomic E-state index is -1.47. The lowest BCUT2D eigenvalue weighted by Crippen LogP contribution is -2.70.